The van der Waals surface area contributed by atoms with Crippen LogP contribution in [-0.4, -0.2) is 77.9 Å². The summed E-state index contributed by atoms with van der Waals surface area (Å²) in [7, 11) is -6.88. The number of morpholine rings is 1. The van der Waals surface area contributed by atoms with E-state index in [-0.39, 0.29) is 28.1 Å². The Morgan fingerprint density at radius 2 is 1.78 bits per heavy atom. The molecule has 32 heavy (non-hydrogen) atoms. The van der Waals surface area contributed by atoms with Gasteiger partial charge >= 0.3 is 0 Å². The molecule has 0 aromatic heterocycles. The van der Waals surface area contributed by atoms with Crippen molar-refractivity contribution in [2.24, 2.45) is 5.92 Å². The van der Waals surface area contributed by atoms with Crippen LogP contribution in [0.5, 0.6) is 0 Å². The summed E-state index contributed by atoms with van der Waals surface area (Å²) in [5, 5.41) is 5.67. The van der Waals surface area contributed by atoms with Crippen LogP contribution < -0.4 is 15.4 Å². The topological polar surface area (TPSA) is 134 Å². The first-order valence-electron chi connectivity index (χ1n) is 11.0. The number of fused-ring (bicyclic) bond motifs is 1. The number of nitrogens with zero attached hydrogens (tertiary/aromatic N) is 1. The highest BCUT2D eigenvalue weighted by molar-refractivity contribution is 7.90. The minimum atomic E-state index is -3.60. The summed E-state index contributed by atoms with van der Waals surface area (Å²) in [6.07, 6.45) is 3.25. The maximum absolute atomic E-state index is 12.7. The first-order chi connectivity index (χ1) is 15.3. The lowest BCUT2D eigenvalue weighted by Gasteiger charge is -2.26. The van der Waals surface area contributed by atoms with Gasteiger partial charge in [0.05, 0.1) is 29.5 Å². The molecule has 2 saturated heterocycles. The Bertz CT molecular complexity index is 1020. The standard InChI is InChI=1S/C20H30N4O6S2/c25-20(15-5-7-16(8-6-15)32(28,29)24-11-13-30-14-12-24)22-10-9-21-19-17-3-1-2-4-18(17)31(26,27)23-19/h5-8,17-19,21,23H,1-4,9-14H2,(H,22,25). The van der Waals surface area contributed by atoms with Gasteiger partial charge in [-0.2, -0.15) is 9.03 Å². The average Bonchev–Trinajstić information content (AvgIpc) is 3.07. The Kier molecular flexibility index (Phi) is 7.18. The van der Waals surface area contributed by atoms with E-state index in [4.69, 9.17) is 4.74 Å². The molecule has 2 aliphatic heterocycles. The number of ether oxygens (including phenoxy) is 1. The zero-order valence-corrected chi connectivity index (χ0v) is 19.5. The molecule has 1 aromatic rings. The van der Waals surface area contributed by atoms with Crippen LogP contribution in [0.25, 0.3) is 0 Å². The first kappa shape index (κ1) is 23.6. The molecule has 178 valence electrons. The van der Waals surface area contributed by atoms with Gasteiger partial charge in [0.25, 0.3) is 5.91 Å². The molecule has 12 heteroatoms. The minimum absolute atomic E-state index is 0.0606. The van der Waals surface area contributed by atoms with Crippen molar-refractivity contribution in [1.82, 2.24) is 19.7 Å². The van der Waals surface area contributed by atoms with Crippen molar-refractivity contribution in [3.63, 3.8) is 0 Å². The second-order valence-corrected chi connectivity index (χ2v) is 12.2. The van der Waals surface area contributed by atoms with Crippen molar-refractivity contribution in [2.75, 3.05) is 39.4 Å². The van der Waals surface area contributed by atoms with E-state index in [1.54, 1.807) is 0 Å². The van der Waals surface area contributed by atoms with E-state index in [1.807, 2.05) is 0 Å². The van der Waals surface area contributed by atoms with Crippen molar-refractivity contribution in [3.8, 4) is 0 Å². The van der Waals surface area contributed by atoms with Crippen molar-refractivity contribution < 1.29 is 26.4 Å². The highest BCUT2D eigenvalue weighted by Gasteiger charge is 2.47. The fraction of sp³-hybridized carbons (Fsp3) is 0.650. The fourth-order valence-corrected chi connectivity index (χ4v) is 8.08. The van der Waals surface area contributed by atoms with Gasteiger partial charge in [-0.1, -0.05) is 12.8 Å². The van der Waals surface area contributed by atoms with E-state index in [1.165, 1.54) is 28.6 Å². The van der Waals surface area contributed by atoms with Crippen LogP contribution in [0.1, 0.15) is 36.0 Å². The Labute approximate surface area is 189 Å². The van der Waals surface area contributed by atoms with Crippen LogP contribution in [0.15, 0.2) is 29.2 Å². The fourth-order valence-electron chi connectivity index (χ4n) is 4.66. The molecule has 10 nitrogen and oxygen atoms in total. The number of carbonyl (C=O) groups is 1. The number of nitrogens with one attached hydrogen (secondary N) is 3. The summed E-state index contributed by atoms with van der Waals surface area (Å²) < 4.78 is 59.1. The SMILES string of the molecule is O=C(NCCNC1NS(=O)(=O)C2CCCCC12)c1ccc(S(=O)(=O)N2CCOCC2)cc1. The van der Waals surface area contributed by atoms with Crippen molar-refractivity contribution >= 4 is 26.0 Å². The molecule has 0 spiro atoms. The molecule has 1 aliphatic carbocycles. The van der Waals surface area contributed by atoms with Gasteiger partial charge in [-0.3, -0.25) is 10.1 Å². The maximum Gasteiger partial charge on any atom is 0.251 e. The molecule has 3 fully saturated rings. The minimum Gasteiger partial charge on any atom is -0.379 e. The van der Waals surface area contributed by atoms with E-state index in [0.29, 0.717) is 51.4 Å². The number of amides is 1. The van der Waals surface area contributed by atoms with Gasteiger partial charge < -0.3 is 10.1 Å². The second-order valence-electron chi connectivity index (χ2n) is 8.38. The second kappa shape index (κ2) is 9.74. The molecular weight excluding hydrogens is 456 g/mol. The van der Waals surface area contributed by atoms with Gasteiger partial charge in [0, 0.05) is 37.7 Å². The third-order valence-corrected chi connectivity index (χ3v) is 10.2. The van der Waals surface area contributed by atoms with Crippen LogP contribution in [0.3, 0.4) is 0 Å². The molecule has 0 bridgehead atoms. The van der Waals surface area contributed by atoms with Crippen molar-refractivity contribution in [3.05, 3.63) is 29.8 Å². The number of hydrogen-bond acceptors (Lipinski definition) is 7. The van der Waals surface area contributed by atoms with Gasteiger partial charge in [-0.25, -0.2) is 16.8 Å². The molecule has 1 aromatic carbocycles. The third kappa shape index (κ3) is 5.00. The van der Waals surface area contributed by atoms with Gasteiger partial charge in [-0.05, 0) is 37.1 Å². The molecule has 4 rings (SSSR count). The predicted molar refractivity (Wildman–Crippen MR) is 118 cm³/mol. The van der Waals surface area contributed by atoms with E-state index >= 15 is 0 Å². The van der Waals surface area contributed by atoms with Gasteiger partial charge in [-0.15, -0.1) is 0 Å². The number of sulfonamides is 2. The maximum atomic E-state index is 12.7. The van der Waals surface area contributed by atoms with E-state index in [0.717, 1.165) is 19.3 Å². The molecule has 3 atom stereocenters. The summed E-state index contributed by atoms with van der Waals surface area (Å²) in [6.45, 7) is 2.12. The molecule has 1 amide bonds. The zero-order valence-electron chi connectivity index (χ0n) is 17.8. The Morgan fingerprint density at radius 3 is 2.50 bits per heavy atom. The quantitative estimate of drug-likeness (QED) is 0.456. The number of benzene rings is 1. The smallest absolute Gasteiger partial charge is 0.251 e. The highest BCUT2D eigenvalue weighted by Crippen LogP contribution is 2.35. The van der Waals surface area contributed by atoms with Crippen molar-refractivity contribution in [1.29, 1.82) is 0 Å². The van der Waals surface area contributed by atoms with E-state index < -0.39 is 20.0 Å². The lowest BCUT2D eigenvalue weighted by Crippen LogP contribution is -2.46. The molecule has 3 N–H and O–H groups in total. The molecule has 1 saturated carbocycles. The largest absolute Gasteiger partial charge is 0.379 e. The Hall–Kier alpha value is -1.57. The third-order valence-electron chi connectivity index (χ3n) is 6.37. The normalized spacial score (nSPS) is 28.2. The van der Waals surface area contributed by atoms with Crippen molar-refractivity contribution in [2.45, 2.75) is 42.0 Å². The summed E-state index contributed by atoms with van der Waals surface area (Å²) in [6, 6.07) is 5.87. The lowest BCUT2D eigenvalue weighted by molar-refractivity contribution is 0.0730. The van der Waals surface area contributed by atoms with Crippen LogP contribution in [-0.2, 0) is 24.8 Å². The molecular formula is C20H30N4O6S2. The van der Waals surface area contributed by atoms with Gasteiger partial charge in [0.1, 0.15) is 0 Å². The number of carbonyl (C=O) groups excluding carboxylic acids is 1. The summed E-state index contributed by atoms with van der Waals surface area (Å²) in [4.78, 5) is 12.6. The lowest BCUT2D eigenvalue weighted by atomic mass is 9.87. The monoisotopic (exact) mass is 486 g/mol. The van der Waals surface area contributed by atoms with Gasteiger partial charge in [0.2, 0.25) is 20.0 Å². The summed E-state index contributed by atoms with van der Waals surface area (Å²) >= 11 is 0. The van der Waals surface area contributed by atoms with Crippen LogP contribution in [0, 0.1) is 5.92 Å². The van der Waals surface area contributed by atoms with Crippen LogP contribution in [0.2, 0.25) is 0 Å². The summed E-state index contributed by atoms with van der Waals surface area (Å²) in [5.41, 5.74) is 0.361. The Morgan fingerprint density at radius 1 is 1.09 bits per heavy atom. The predicted octanol–water partition coefficient (Wildman–Crippen LogP) is -0.155. The van der Waals surface area contributed by atoms with E-state index in [9.17, 15) is 21.6 Å². The highest BCUT2D eigenvalue weighted by atomic mass is 32.2. The van der Waals surface area contributed by atoms with Crippen LogP contribution in [0.4, 0.5) is 0 Å². The Balaban J connectivity index is 1.26. The number of hydrogen-bond donors (Lipinski definition) is 3. The average molecular weight is 487 g/mol. The molecule has 3 unspecified atom stereocenters. The molecule has 3 aliphatic rings. The van der Waals surface area contributed by atoms with Gasteiger partial charge in [0.15, 0.2) is 0 Å². The molecule has 0 radical (unpaired) electrons. The zero-order chi connectivity index (χ0) is 22.8. The van der Waals surface area contributed by atoms with Crippen LogP contribution >= 0.6 is 0 Å². The summed E-state index contributed by atoms with van der Waals surface area (Å²) in [5.74, 6) is -0.255. The number of rotatable bonds is 7. The van der Waals surface area contributed by atoms with E-state index in [2.05, 4.69) is 15.4 Å². The molecule has 2 heterocycles. The first-order valence-corrected chi connectivity index (χ1v) is 14.0.